The lowest BCUT2D eigenvalue weighted by molar-refractivity contribution is -0.115. The molecule has 0 N–H and O–H groups in total. The van der Waals surface area contributed by atoms with Gasteiger partial charge in [0.15, 0.2) is 17.3 Å². The molecule has 2 aromatic rings. The monoisotopic (exact) mass is 423 g/mol. The Morgan fingerprint density at radius 2 is 1.81 bits per heavy atom. The van der Waals surface area contributed by atoms with Crippen molar-refractivity contribution in [2.45, 2.75) is 31.3 Å². The van der Waals surface area contributed by atoms with Crippen LogP contribution in [0.2, 0.25) is 0 Å². The van der Waals surface area contributed by atoms with Crippen LogP contribution in [-0.4, -0.2) is 44.6 Å². The van der Waals surface area contributed by atoms with Crippen LogP contribution in [-0.2, 0) is 21.6 Å². The van der Waals surface area contributed by atoms with Crippen molar-refractivity contribution in [1.82, 2.24) is 4.90 Å². The fourth-order valence-electron chi connectivity index (χ4n) is 3.79. The first-order valence-electron chi connectivity index (χ1n) is 10.3. The molecule has 0 fully saturated rings. The van der Waals surface area contributed by atoms with Crippen LogP contribution in [0.5, 0.6) is 11.5 Å². The first-order chi connectivity index (χ1) is 15.0. The van der Waals surface area contributed by atoms with Gasteiger partial charge in [-0.2, -0.15) is 0 Å². The number of methoxy groups -OCH3 is 2. The van der Waals surface area contributed by atoms with E-state index in [0.717, 1.165) is 11.1 Å². The third kappa shape index (κ3) is 5.45. The lowest BCUT2D eigenvalue weighted by Crippen LogP contribution is -2.35. The molecular weight excluding hydrogens is 394 g/mol. The number of amides is 1. The minimum atomic E-state index is -0.374. The van der Waals surface area contributed by atoms with E-state index in [0.29, 0.717) is 37.3 Å². The molecule has 31 heavy (non-hydrogen) atoms. The molecule has 6 heteroatoms. The van der Waals surface area contributed by atoms with E-state index in [9.17, 15) is 9.59 Å². The molecule has 0 bridgehead atoms. The summed E-state index contributed by atoms with van der Waals surface area (Å²) in [6.07, 6.45) is 5.03. The molecule has 6 nitrogen and oxygen atoms in total. The number of allylic oxidation sites excluding steroid dienone is 2. The summed E-state index contributed by atoms with van der Waals surface area (Å²) < 4.78 is 16.3. The first-order valence-corrected chi connectivity index (χ1v) is 10.3. The Bertz CT molecular complexity index is 940. The Morgan fingerprint density at radius 1 is 1.06 bits per heavy atom. The minimum absolute atomic E-state index is 0.117. The number of ether oxygens (including phenoxy) is 3. The summed E-state index contributed by atoms with van der Waals surface area (Å²) in [5, 5.41) is 0. The number of carbonyl (C=O) groups is 2. The molecule has 0 aromatic heterocycles. The molecule has 1 aliphatic carbocycles. The maximum atomic E-state index is 12.5. The van der Waals surface area contributed by atoms with Crippen LogP contribution in [0, 0.1) is 0 Å². The van der Waals surface area contributed by atoms with Gasteiger partial charge in [-0.1, -0.05) is 42.5 Å². The standard InChI is InChI=1S/C25H29NO5/c1-26(24(28)31-18-19-7-5-4-6-8-19)16-15-25(13-11-21(27)12-14-25)20-9-10-22(29-2)23(17-20)30-3/h4-11,13,17H,12,14-16,18H2,1-3H3. The van der Waals surface area contributed by atoms with Crippen molar-refractivity contribution >= 4 is 11.9 Å². The molecule has 0 saturated heterocycles. The van der Waals surface area contributed by atoms with Gasteiger partial charge in [0, 0.05) is 25.4 Å². The average molecular weight is 424 g/mol. The van der Waals surface area contributed by atoms with Crippen LogP contribution < -0.4 is 9.47 Å². The predicted molar refractivity (Wildman–Crippen MR) is 118 cm³/mol. The molecule has 0 heterocycles. The van der Waals surface area contributed by atoms with Gasteiger partial charge in [0.25, 0.3) is 0 Å². The summed E-state index contributed by atoms with van der Waals surface area (Å²) in [7, 11) is 4.93. The third-order valence-corrected chi connectivity index (χ3v) is 5.77. The Balaban J connectivity index is 1.72. The predicted octanol–water partition coefficient (Wildman–Crippen LogP) is 4.52. The zero-order chi connectivity index (χ0) is 22.3. The summed E-state index contributed by atoms with van der Waals surface area (Å²) in [5.41, 5.74) is 1.60. The summed E-state index contributed by atoms with van der Waals surface area (Å²) in [6, 6.07) is 15.4. The van der Waals surface area contributed by atoms with Crippen molar-refractivity contribution in [3.8, 4) is 11.5 Å². The maximum Gasteiger partial charge on any atom is 0.409 e. The highest BCUT2D eigenvalue weighted by molar-refractivity contribution is 5.91. The maximum absolute atomic E-state index is 12.5. The largest absolute Gasteiger partial charge is 0.493 e. The number of rotatable bonds is 8. The van der Waals surface area contributed by atoms with E-state index in [1.54, 1.807) is 32.2 Å². The normalized spacial score (nSPS) is 17.8. The smallest absolute Gasteiger partial charge is 0.409 e. The molecule has 0 spiro atoms. The Kier molecular flexibility index (Phi) is 7.34. The van der Waals surface area contributed by atoms with Crippen LogP contribution >= 0.6 is 0 Å². The Morgan fingerprint density at radius 3 is 2.45 bits per heavy atom. The third-order valence-electron chi connectivity index (χ3n) is 5.77. The zero-order valence-corrected chi connectivity index (χ0v) is 18.3. The number of nitrogens with zero attached hydrogens (tertiary/aromatic N) is 1. The first kappa shape index (κ1) is 22.4. The summed E-state index contributed by atoms with van der Waals surface area (Å²) in [6.45, 7) is 0.722. The van der Waals surface area contributed by atoms with Crippen molar-refractivity contribution in [2.24, 2.45) is 0 Å². The molecule has 164 valence electrons. The van der Waals surface area contributed by atoms with Gasteiger partial charge in [0.1, 0.15) is 6.61 Å². The van der Waals surface area contributed by atoms with E-state index in [4.69, 9.17) is 14.2 Å². The van der Waals surface area contributed by atoms with Crippen molar-refractivity contribution in [1.29, 1.82) is 0 Å². The van der Waals surface area contributed by atoms with Gasteiger partial charge in [-0.3, -0.25) is 4.79 Å². The Hall–Kier alpha value is -3.28. The second-order valence-electron chi connectivity index (χ2n) is 7.74. The van der Waals surface area contributed by atoms with Gasteiger partial charge in [-0.05, 0) is 42.2 Å². The van der Waals surface area contributed by atoms with E-state index in [1.807, 2.05) is 54.6 Å². The number of carbonyl (C=O) groups excluding carboxylic acids is 2. The summed E-state index contributed by atoms with van der Waals surface area (Å²) in [5.74, 6) is 1.41. The fourth-order valence-corrected chi connectivity index (χ4v) is 3.79. The van der Waals surface area contributed by atoms with Gasteiger partial charge < -0.3 is 19.1 Å². The molecule has 2 aromatic carbocycles. The minimum Gasteiger partial charge on any atom is -0.493 e. The zero-order valence-electron chi connectivity index (χ0n) is 18.3. The van der Waals surface area contributed by atoms with E-state index < -0.39 is 0 Å². The van der Waals surface area contributed by atoms with Crippen molar-refractivity contribution < 1.29 is 23.8 Å². The van der Waals surface area contributed by atoms with Gasteiger partial charge in [0.2, 0.25) is 0 Å². The fraction of sp³-hybridized carbons (Fsp3) is 0.360. The molecule has 1 aliphatic rings. The molecule has 1 amide bonds. The highest BCUT2D eigenvalue weighted by Crippen LogP contribution is 2.41. The molecular formula is C25H29NO5. The molecule has 3 rings (SSSR count). The lowest BCUT2D eigenvalue weighted by Gasteiger charge is -2.35. The van der Waals surface area contributed by atoms with Crippen LogP contribution in [0.25, 0.3) is 0 Å². The van der Waals surface area contributed by atoms with Gasteiger partial charge >= 0.3 is 6.09 Å². The van der Waals surface area contributed by atoms with Gasteiger partial charge in [0.05, 0.1) is 14.2 Å². The average Bonchev–Trinajstić information content (AvgIpc) is 2.82. The molecule has 0 radical (unpaired) electrons. The summed E-state index contributed by atoms with van der Waals surface area (Å²) >= 11 is 0. The number of hydrogen-bond acceptors (Lipinski definition) is 5. The lowest BCUT2D eigenvalue weighted by atomic mass is 9.71. The second-order valence-corrected chi connectivity index (χ2v) is 7.74. The highest BCUT2D eigenvalue weighted by Gasteiger charge is 2.34. The SMILES string of the molecule is COc1ccc(C2(CCN(C)C(=O)OCc3ccccc3)C=CC(=O)CC2)cc1OC. The molecule has 0 saturated carbocycles. The van der Waals surface area contributed by atoms with E-state index >= 15 is 0 Å². The van der Waals surface area contributed by atoms with E-state index in [1.165, 1.54) is 0 Å². The molecule has 1 atom stereocenters. The number of hydrogen-bond donors (Lipinski definition) is 0. The van der Waals surface area contributed by atoms with E-state index in [2.05, 4.69) is 0 Å². The van der Waals surface area contributed by atoms with Crippen LogP contribution in [0.4, 0.5) is 4.79 Å². The highest BCUT2D eigenvalue weighted by atomic mass is 16.6. The van der Waals surface area contributed by atoms with E-state index in [-0.39, 0.29) is 23.9 Å². The van der Waals surface area contributed by atoms with Crippen LogP contribution in [0.15, 0.2) is 60.7 Å². The Labute approximate surface area is 183 Å². The van der Waals surface area contributed by atoms with Crippen LogP contribution in [0.3, 0.4) is 0 Å². The summed E-state index contributed by atoms with van der Waals surface area (Å²) in [4.78, 5) is 25.9. The number of ketones is 1. The molecule has 0 aliphatic heterocycles. The quantitative estimate of drug-likeness (QED) is 0.625. The van der Waals surface area contributed by atoms with Crippen molar-refractivity contribution in [2.75, 3.05) is 27.8 Å². The number of benzene rings is 2. The van der Waals surface area contributed by atoms with Gasteiger partial charge in [-0.15, -0.1) is 0 Å². The second kappa shape index (κ2) is 10.2. The molecule has 1 unspecified atom stereocenters. The van der Waals surface area contributed by atoms with Crippen molar-refractivity contribution in [3.63, 3.8) is 0 Å². The topological polar surface area (TPSA) is 65.1 Å². The van der Waals surface area contributed by atoms with Crippen molar-refractivity contribution in [3.05, 3.63) is 71.8 Å². The van der Waals surface area contributed by atoms with Gasteiger partial charge in [-0.25, -0.2) is 4.79 Å². The van der Waals surface area contributed by atoms with Crippen LogP contribution in [0.1, 0.15) is 30.4 Å².